The number of nitrogens with one attached hydrogen (secondary N) is 1. The molecule has 31 heavy (non-hydrogen) atoms. The van der Waals surface area contributed by atoms with Crippen LogP contribution >= 0.6 is 22.9 Å². The van der Waals surface area contributed by atoms with Crippen molar-refractivity contribution in [2.45, 2.75) is 19.8 Å². The van der Waals surface area contributed by atoms with E-state index in [9.17, 15) is 9.59 Å². The molecular formula is C20H19ClN6O3S. The number of anilines is 1. The minimum Gasteiger partial charge on any atom is -0.494 e. The summed E-state index contributed by atoms with van der Waals surface area (Å²) in [5.74, 6) is 0.300. The molecular weight excluding hydrogens is 440 g/mol. The predicted molar refractivity (Wildman–Crippen MR) is 117 cm³/mol. The van der Waals surface area contributed by atoms with E-state index in [0.29, 0.717) is 40.7 Å². The number of halogens is 1. The van der Waals surface area contributed by atoms with Gasteiger partial charge in [0.25, 0.3) is 5.91 Å². The lowest BCUT2D eigenvalue weighted by Gasteiger charge is -2.37. The van der Waals surface area contributed by atoms with E-state index in [0.717, 1.165) is 10.7 Å². The first-order chi connectivity index (χ1) is 14.9. The van der Waals surface area contributed by atoms with Crippen LogP contribution in [-0.4, -0.2) is 57.1 Å². The van der Waals surface area contributed by atoms with Gasteiger partial charge in [-0.1, -0.05) is 22.9 Å². The number of aryl methyl sites for hydroxylation is 1. The minimum atomic E-state index is -0.376. The van der Waals surface area contributed by atoms with Gasteiger partial charge in [-0.3, -0.25) is 19.9 Å². The average molecular weight is 459 g/mol. The van der Waals surface area contributed by atoms with Crippen molar-refractivity contribution in [2.24, 2.45) is 0 Å². The standard InChI is InChI=1S/C20H19ClN6O3S/c1-10-4-13(14-5-17(21)23-7-16(14)30-3)15(6-22-10)18(29)24-20-26-25-19(31-20)12-8-27(9-12)11(2)28/h4-7,12H,8-9H2,1-3H3,(H,24,26,29). The van der Waals surface area contributed by atoms with Gasteiger partial charge < -0.3 is 9.64 Å². The molecule has 2 amide bonds. The van der Waals surface area contributed by atoms with Crippen molar-refractivity contribution >= 4 is 39.9 Å². The highest BCUT2D eigenvalue weighted by atomic mass is 35.5. The van der Waals surface area contributed by atoms with Gasteiger partial charge in [0.2, 0.25) is 11.0 Å². The molecule has 11 heteroatoms. The fourth-order valence-electron chi connectivity index (χ4n) is 3.26. The summed E-state index contributed by atoms with van der Waals surface area (Å²) in [6, 6.07) is 3.44. The molecule has 0 unspecified atom stereocenters. The van der Waals surface area contributed by atoms with Crippen LogP contribution in [-0.2, 0) is 4.79 Å². The van der Waals surface area contributed by atoms with E-state index in [-0.39, 0.29) is 22.9 Å². The molecule has 0 spiro atoms. The van der Waals surface area contributed by atoms with Crippen molar-refractivity contribution in [3.63, 3.8) is 0 Å². The van der Waals surface area contributed by atoms with Crippen LogP contribution in [0.2, 0.25) is 5.15 Å². The molecule has 0 aromatic carbocycles. The molecule has 3 aromatic heterocycles. The predicted octanol–water partition coefficient (Wildman–Crippen LogP) is 3.16. The van der Waals surface area contributed by atoms with E-state index in [2.05, 4.69) is 25.5 Å². The lowest BCUT2D eigenvalue weighted by atomic mass is 10.0. The number of hydrogen-bond acceptors (Lipinski definition) is 8. The van der Waals surface area contributed by atoms with Crippen molar-refractivity contribution in [2.75, 3.05) is 25.5 Å². The molecule has 1 saturated heterocycles. The molecule has 4 rings (SSSR count). The van der Waals surface area contributed by atoms with E-state index in [4.69, 9.17) is 16.3 Å². The van der Waals surface area contributed by atoms with Crippen LogP contribution in [0.15, 0.2) is 24.5 Å². The monoisotopic (exact) mass is 458 g/mol. The van der Waals surface area contributed by atoms with Crippen molar-refractivity contribution in [1.82, 2.24) is 25.1 Å². The molecule has 1 fully saturated rings. The summed E-state index contributed by atoms with van der Waals surface area (Å²) < 4.78 is 5.40. The second-order valence-electron chi connectivity index (χ2n) is 7.10. The van der Waals surface area contributed by atoms with Crippen LogP contribution in [0.1, 0.15) is 33.9 Å². The maximum Gasteiger partial charge on any atom is 0.259 e. The van der Waals surface area contributed by atoms with E-state index in [1.807, 2.05) is 6.92 Å². The summed E-state index contributed by atoms with van der Waals surface area (Å²) in [5, 5.41) is 12.5. The highest BCUT2D eigenvalue weighted by Gasteiger charge is 2.32. The first-order valence-electron chi connectivity index (χ1n) is 9.42. The van der Waals surface area contributed by atoms with E-state index in [1.54, 1.807) is 24.0 Å². The third-order valence-electron chi connectivity index (χ3n) is 4.97. The Bertz CT molecular complexity index is 1160. The Labute approximate surface area is 187 Å². The van der Waals surface area contributed by atoms with Crippen molar-refractivity contribution in [3.05, 3.63) is 45.9 Å². The number of carbonyl (C=O) groups is 2. The first-order valence-corrected chi connectivity index (χ1v) is 10.6. The molecule has 9 nitrogen and oxygen atoms in total. The Morgan fingerprint density at radius 3 is 2.68 bits per heavy atom. The zero-order valence-electron chi connectivity index (χ0n) is 17.0. The fourth-order valence-corrected chi connectivity index (χ4v) is 4.24. The molecule has 1 N–H and O–H groups in total. The average Bonchev–Trinajstić information content (AvgIpc) is 3.14. The van der Waals surface area contributed by atoms with Crippen molar-refractivity contribution in [3.8, 4) is 16.9 Å². The van der Waals surface area contributed by atoms with Gasteiger partial charge in [-0.2, -0.15) is 0 Å². The molecule has 1 aliphatic heterocycles. The molecule has 0 atom stereocenters. The number of amides is 2. The quantitative estimate of drug-likeness (QED) is 0.584. The Hall–Kier alpha value is -3.11. The van der Waals surface area contributed by atoms with E-state index < -0.39 is 0 Å². The third-order valence-corrected chi connectivity index (χ3v) is 6.17. The number of methoxy groups -OCH3 is 1. The number of carbonyl (C=O) groups excluding carboxylic acids is 2. The lowest BCUT2D eigenvalue weighted by molar-refractivity contribution is -0.133. The summed E-state index contributed by atoms with van der Waals surface area (Å²) in [4.78, 5) is 34.4. The van der Waals surface area contributed by atoms with Crippen LogP contribution in [0.4, 0.5) is 5.13 Å². The SMILES string of the molecule is COc1cnc(Cl)cc1-c1cc(C)ncc1C(=O)Nc1nnc(C2CN(C(C)=O)C2)s1. The van der Waals surface area contributed by atoms with Crippen LogP contribution < -0.4 is 10.1 Å². The van der Waals surface area contributed by atoms with E-state index in [1.165, 1.54) is 30.8 Å². The highest BCUT2D eigenvalue weighted by molar-refractivity contribution is 7.15. The zero-order chi connectivity index (χ0) is 22.1. The Morgan fingerprint density at radius 1 is 1.19 bits per heavy atom. The number of nitrogens with zero attached hydrogens (tertiary/aromatic N) is 5. The molecule has 0 radical (unpaired) electrons. The molecule has 0 aliphatic carbocycles. The Balaban J connectivity index is 1.58. The number of likely N-dealkylation sites (tertiary alicyclic amines) is 1. The topological polar surface area (TPSA) is 110 Å². The number of hydrogen-bond donors (Lipinski definition) is 1. The van der Waals surface area contributed by atoms with Gasteiger partial charge in [0, 0.05) is 48.9 Å². The summed E-state index contributed by atoms with van der Waals surface area (Å²) in [6.45, 7) is 4.61. The van der Waals surface area contributed by atoms with Gasteiger partial charge in [0.1, 0.15) is 15.9 Å². The summed E-state index contributed by atoms with van der Waals surface area (Å²) >= 11 is 7.38. The highest BCUT2D eigenvalue weighted by Crippen LogP contribution is 2.35. The van der Waals surface area contributed by atoms with Crippen LogP contribution in [0.25, 0.3) is 11.1 Å². The van der Waals surface area contributed by atoms with Gasteiger partial charge in [-0.15, -0.1) is 10.2 Å². The van der Waals surface area contributed by atoms with E-state index >= 15 is 0 Å². The Morgan fingerprint density at radius 2 is 1.97 bits per heavy atom. The summed E-state index contributed by atoms with van der Waals surface area (Å²) in [7, 11) is 1.53. The lowest BCUT2D eigenvalue weighted by Crippen LogP contribution is -2.47. The molecule has 0 saturated carbocycles. The minimum absolute atomic E-state index is 0.0420. The smallest absolute Gasteiger partial charge is 0.259 e. The van der Waals surface area contributed by atoms with Gasteiger partial charge in [-0.05, 0) is 19.1 Å². The maximum absolute atomic E-state index is 13.1. The number of aromatic nitrogens is 4. The molecule has 4 heterocycles. The van der Waals surface area contributed by atoms with Gasteiger partial charge in [-0.25, -0.2) is 4.98 Å². The largest absolute Gasteiger partial charge is 0.494 e. The Kier molecular flexibility index (Phi) is 5.84. The first kappa shape index (κ1) is 21.1. The third kappa shape index (κ3) is 4.35. The van der Waals surface area contributed by atoms with Crippen LogP contribution in [0.3, 0.4) is 0 Å². The zero-order valence-corrected chi connectivity index (χ0v) is 18.6. The van der Waals surface area contributed by atoms with Gasteiger partial charge >= 0.3 is 0 Å². The number of ether oxygens (including phenoxy) is 1. The van der Waals surface area contributed by atoms with Gasteiger partial charge in [0.15, 0.2) is 0 Å². The van der Waals surface area contributed by atoms with Gasteiger partial charge in [0.05, 0.1) is 18.9 Å². The van der Waals surface area contributed by atoms with Crippen LogP contribution in [0.5, 0.6) is 5.75 Å². The molecule has 160 valence electrons. The fraction of sp³-hybridized carbons (Fsp3) is 0.300. The summed E-state index contributed by atoms with van der Waals surface area (Å²) in [5.41, 5.74) is 2.33. The van der Waals surface area contributed by atoms with Crippen molar-refractivity contribution in [1.29, 1.82) is 0 Å². The number of pyridine rings is 2. The molecule has 3 aromatic rings. The van der Waals surface area contributed by atoms with Crippen molar-refractivity contribution < 1.29 is 14.3 Å². The second-order valence-corrected chi connectivity index (χ2v) is 8.50. The number of rotatable bonds is 5. The normalized spacial score (nSPS) is 13.6. The maximum atomic E-state index is 13.1. The molecule has 1 aliphatic rings. The van der Waals surface area contributed by atoms with Crippen LogP contribution in [0, 0.1) is 6.92 Å². The second kappa shape index (κ2) is 8.56. The molecule has 0 bridgehead atoms. The summed E-state index contributed by atoms with van der Waals surface area (Å²) in [6.07, 6.45) is 3.02.